The Balaban J connectivity index is 2.34. The molecule has 0 saturated carbocycles. The van der Waals surface area contributed by atoms with Crippen LogP contribution in [0.3, 0.4) is 0 Å². The molecule has 9 heteroatoms. The Morgan fingerprint density at radius 3 is 2.59 bits per heavy atom. The summed E-state index contributed by atoms with van der Waals surface area (Å²) < 4.78 is 3.86. The maximum absolute atomic E-state index is 12.3. The highest BCUT2D eigenvalue weighted by Crippen LogP contribution is 2.19. The monoisotopic (exact) mass is 416 g/mol. The minimum Gasteiger partial charge on any atom is -0.343 e. The summed E-state index contributed by atoms with van der Waals surface area (Å²) in [5.41, 5.74) is 1.05. The zero-order chi connectivity index (χ0) is 16.4. The van der Waals surface area contributed by atoms with E-state index in [1.54, 1.807) is 36.7 Å². The van der Waals surface area contributed by atoms with Crippen molar-refractivity contribution in [3.8, 4) is 0 Å². The van der Waals surface area contributed by atoms with Gasteiger partial charge in [-0.05, 0) is 29.5 Å². The first kappa shape index (κ1) is 16.5. The van der Waals surface area contributed by atoms with E-state index >= 15 is 0 Å². The molecule has 0 aliphatic carbocycles. The standard InChI is InChI=1S/C13H17IN6O2/c1-5-20-11(13(22)18(2)3)9(6-15-20)16-12(21)10-8(14)7-19(4)17-10/h6-7H,5H2,1-4H3,(H,16,21). The summed E-state index contributed by atoms with van der Waals surface area (Å²) >= 11 is 2.04. The molecule has 2 amide bonds. The van der Waals surface area contributed by atoms with Gasteiger partial charge < -0.3 is 10.2 Å². The lowest BCUT2D eigenvalue weighted by Gasteiger charge is -2.13. The predicted molar refractivity (Wildman–Crippen MR) is 89.8 cm³/mol. The summed E-state index contributed by atoms with van der Waals surface area (Å²) in [7, 11) is 5.06. The van der Waals surface area contributed by atoms with E-state index in [9.17, 15) is 9.59 Å². The lowest BCUT2D eigenvalue weighted by molar-refractivity contribution is 0.0816. The van der Waals surface area contributed by atoms with E-state index in [0.717, 1.165) is 3.57 Å². The molecule has 0 unspecified atom stereocenters. The van der Waals surface area contributed by atoms with Crippen LogP contribution in [0.25, 0.3) is 0 Å². The average molecular weight is 416 g/mol. The third-order valence-electron chi connectivity index (χ3n) is 3.00. The first-order valence-corrected chi connectivity index (χ1v) is 7.71. The molecule has 0 aliphatic heterocycles. The number of hydrogen-bond donors (Lipinski definition) is 1. The van der Waals surface area contributed by atoms with Gasteiger partial charge >= 0.3 is 0 Å². The SMILES string of the molecule is CCn1ncc(NC(=O)c2nn(C)cc2I)c1C(=O)N(C)C. The van der Waals surface area contributed by atoms with E-state index in [0.29, 0.717) is 23.6 Å². The lowest BCUT2D eigenvalue weighted by Crippen LogP contribution is -2.26. The molecule has 2 aromatic heterocycles. The molecule has 0 fully saturated rings. The van der Waals surface area contributed by atoms with Crippen LogP contribution in [0.2, 0.25) is 0 Å². The molecule has 2 aromatic rings. The van der Waals surface area contributed by atoms with Crippen molar-refractivity contribution < 1.29 is 9.59 Å². The molecule has 0 saturated heterocycles. The largest absolute Gasteiger partial charge is 0.343 e. The van der Waals surface area contributed by atoms with Crippen molar-refractivity contribution in [2.75, 3.05) is 19.4 Å². The number of halogens is 1. The van der Waals surface area contributed by atoms with Gasteiger partial charge in [0, 0.05) is 33.9 Å². The molecule has 8 nitrogen and oxygen atoms in total. The summed E-state index contributed by atoms with van der Waals surface area (Å²) in [5, 5.41) is 11.0. The van der Waals surface area contributed by atoms with Gasteiger partial charge in [-0.15, -0.1) is 0 Å². The molecule has 0 aliphatic rings. The fraction of sp³-hybridized carbons (Fsp3) is 0.385. The summed E-state index contributed by atoms with van der Waals surface area (Å²) in [6.45, 7) is 2.42. The van der Waals surface area contributed by atoms with Gasteiger partial charge in [-0.2, -0.15) is 10.2 Å². The Kier molecular flexibility index (Phi) is 4.84. The van der Waals surface area contributed by atoms with Gasteiger partial charge in [0.25, 0.3) is 11.8 Å². The van der Waals surface area contributed by atoms with Crippen molar-refractivity contribution in [3.63, 3.8) is 0 Å². The van der Waals surface area contributed by atoms with Crippen LogP contribution in [0.4, 0.5) is 5.69 Å². The van der Waals surface area contributed by atoms with Gasteiger partial charge in [0.15, 0.2) is 5.69 Å². The van der Waals surface area contributed by atoms with Crippen LogP contribution in [0.15, 0.2) is 12.4 Å². The normalized spacial score (nSPS) is 10.6. The van der Waals surface area contributed by atoms with E-state index in [4.69, 9.17) is 0 Å². The first-order valence-electron chi connectivity index (χ1n) is 6.63. The molecular weight excluding hydrogens is 399 g/mol. The van der Waals surface area contributed by atoms with E-state index in [-0.39, 0.29) is 11.8 Å². The number of rotatable bonds is 4. The predicted octanol–water partition coefficient (Wildman–Crippen LogP) is 1.20. The van der Waals surface area contributed by atoms with E-state index in [2.05, 4.69) is 15.5 Å². The van der Waals surface area contributed by atoms with Crippen molar-refractivity contribution in [1.29, 1.82) is 0 Å². The fourth-order valence-electron chi connectivity index (χ4n) is 1.95. The highest BCUT2D eigenvalue weighted by Gasteiger charge is 2.23. The second-order valence-corrected chi connectivity index (χ2v) is 6.04. The average Bonchev–Trinajstić information content (AvgIpc) is 3.00. The van der Waals surface area contributed by atoms with Gasteiger partial charge in [-0.3, -0.25) is 19.0 Å². The topological polar surface area (TPSA) is 85.0 Å². The van der Waals surface area contributed by atoms with Crippen molar-refractivity contribution in [2.45, 2.75) is 13.5 Å². The molecule has 0 bridgehead atoms. The van der Waals surface area contributed by atoms with Crippen LogP contribution in [0.1, 0.15) is 27.9 Å². The summed E-state index contributed by atoms with van der Waals surface area (Å²) in [5.74, 6) is -0.584. The first-order chi connectivity index (χ1) is 10.3. The van der Waals surface area contributed by atoms with Crippen LogP contribution in [-0.2, 0) is 13.6 Å². The Morgan fingerprint density at radius 2 is 2.09 bits per heavy atom. The molecule has 1 N–H and O–H groups in total. The third-order valence-corrected chi connectivity index (χ3v) is 3.78. The van der Waals surface area contributed by atoms with Gasteiger partial charge in [0.05, 0.1) is 15.5 Å². The van der Waals surface area contributed by atoms with Crippen molar-refractivity contribution in [3.05, 3.63) is 27.4 Å². The van der Waals surface area contributed by atoms with Gasteiger partial charge in [-0.1, -0.05) is 0 Å². The van der Waals surface area contributed by atoms with Crippen molar-refractivity contribution in [1.82, 2.24) is 24.5 Å². The number of carbonyl (C=O) groups is 2. The zero-order valence-electron chi connectivity index (χ0n) is 12.8. The Morgan fingerprint density at radius 1 is 1.41 bits per heavy atom. The number of anilines is 1. The summed E-state index contributed by atoms with van der Waals surface area (Å²) in [6, 6.07) is 0. The maximum atomic E-state index is 12.3. The van der Waals surface area contributed by atoms with Crippen molar-refractivity contribution in [2.24, 2.45) is 7.05 Å². The highest BCUT2D eigenvalue weighted by molar-refractivity contribution is 14.1. The number of amides is 2. The van der Waals surface area contributed by atoms with Crippen LogP contribution in [0.5, 0.6) is 0 Å². The minimum absolute atomic E-state index is 0.217. The van der Waals surface area contributed by atoms with Crippen LogP contribution in [0, 0.1) is 3.57 Å². The lowest BCUT2D eigenvalue weighted by atomic mass is 10.3. The van der Waals surface area contributed by atoms with Crippen LogP contribution in [-0.4, -0.2) is 50.4 Å². The van der Waals surface area contributed by atoms with Crippen molar-refractivity contribution >= 4 is 40.1 Å². The molecule has 0 spiro atoms. The van der Waals surface area contributed by atoms with Gasteiger partial charge in [0.1, 0.15) is 5.69 Å². The van der Waals surface area contributed by atoms with E-state index < -0.39 is 0 Å². The molecule has 0 aromatic carbocycles. The maximum Gasteiger partial charge on any atom is 0.277 e. The Labute approximate surface area is 141 Å². The molecule has 2 heterocycles. The molecule has 0 radical (unpaired) electrons. The van der Waals surface area contributed by atoms with Crippen LogP contribution < -0.4 is 5.32 Å². The molecular formula is C13H17IN6O2. The smallest absolute Gasteiger partial charge is 0.277 e. The number of carbonyl (C=O) groups excluding carboxylic acids is 2. The quantitative estimate of drug-likeness (QED) is 0.760. The molecule has 118 valence electrons. The third kappa shape index (κ3) is 3.13. The fourth-order valence-corrected chi connectivity index (χ4v) is 2.70. The highest BCUT2D eigenvalue weighted by atomic mass is 127. The number of aromatic nitrogens is 4. The molecule has 2 rings (SSSR count). The second-order valence-electron chi connectivity index (χ2n) is 4.88. The summed E-state index contributed by atoms with van der Waals surface area (Å²) in [4.78, 5) is 26.1. The van der Waals surface area contributed by atoms with Gasteiger partial charge in [-0.25, -0.2) is 0 Å². The van der Waals surface area contributed by atoms with E-state index in [1.165, 1.54) is 11.1 Å². The Bertz CT molecular complexity index is 718. The van der Waals surface area contributed by atoms with Crippen LogP contribution >= 0.6 is 22.6 Å². The zero-order valence-corrected chi connectivity index (χ0v) is 14.9. The van der Waals surface area contributed by atoms with Gasteiger partial charge in [0.2, 0.25) is 0 Å². The van der Waals surface area contributed by atoms with E-state index in [1.807, 2.05) is 29.5 Å². The number of nitrogens with one attached hydrogen (secondary N) is 1. The second kappa shape index (κ2) is 6.46. The number of hydrogen-bond acceptors (Lipinski definition) is 4. The molecule has 0 atom stereocenters. The number of aryl methyl sites for hydroxylation is 2. The summed E-state index contributed by atoms with van der Waals surface area (Å²) in [6.07, 6.45) is 3.23. The Hall–Kier alpha value is -1.91. The minimum atomic E-state index is -0.367. The molecule has 22 heavy (non-hydrogen) atoms. The number of nitrogens with zero attached hydrogens (tertiary/aromatic N) is 5.